The number of carbonyl (C=O) groups excluding carboxylic acids is 1. The molecule has 2 rings (SSSR count). The Morgan fingerprint density at radius 1 is 1.20 bits per heavy atom. The van der Waals surface area contributed by atoms with Gasteiger partial charge in [0.05, 0.1) is 13.2 Å². The Bertz CT molecular complexity index is 752. The maximum atomic E-state index is 12.1. The number of ether oxygens (including phenoxy) is 1. The molecule has 0 aliphatic carbocycles. The normalized spacial score (nSPS) is 12.6. The third-order valence-corrected chi connectivity index (χ3v) is 4.06. The molecule has 1 atom stereocenters. The summed E-state index contributed by atoms with van der Waals surface area (Å²) in [6.07, 6.45) is 1.49. The van der Waals surface area contributed by atoms with E-state index in [1.807, 2.05) is 62.4 Å². The first kappa shape index (κ1) is 18.7. The Labute approximate surface area is 149 Å². The van der Waals surface area contributed by atoms with Crippen LogP contribution >= 0.6 is 0 Å². The summed E-state index contributed by atoms with van der Waals surface area (Å²) in [5, 5.41) is 13.0. The van der Waals surface area contributed by atoms with Gasteiger partial charge in [-0.25, -0.2) is 0 Å². The number of amides is 1. The fraction of sp³-hybridized carbons (Fsp3) is 0.286. The molecule has 0 aliphatic heterocycles. The van der Waals surface area contributed by atoms with E-state index >= 15 is 0 Å². The van der Waals surface area contributed by atoms with Gasteiger partial charge in [-0.1, -0.05) is 48.0 Å². The summed E-state index contributed by atoms with van der Waals surface area (Å²) in [5.41, 5.74) is 3.79. The number of hydrogen-bond donors (Lipinski definition) is 2. The minimum absolute atomic E-state index is 0.183. The van der Waals surface area contributed by atoms with Crippen molar-refractivity contribution in [1.29, 1.82) is 0 Å². The van der Waals surface area contributed by atoms with Gasteiger partial charge in [-0.2, -0.15) is 0 Å². The largest absolute Gasteiger partial charge is 0.496 e. The zero-order valence-electron chi connectivity index (χ0n) is 15.0. The number of allylic oxidation sites excluding steroid dienone is 1. The van der Waals surface area contributed by atoms with E-state index in [9.17, 15) is 9.90 Å². The molecule has 0 aromatic heterocycles. The molecule has 25 heavy (non-hydrogen) atoms. The highest BCUT2D eigenvalue weighted by molar-refractivity contribution is 5.88. The summed E-state index contributed by atoms with van der Waals surface area (Å²) >= 11 is 0. The first-order valence-electron chi connectivity index (χ1n) is 8.31. The summed E-state index contributed by atoms with van der Waals surface area (Å²) in [6, 6.07) is 15.4. The Balaban J connectivity index is 1.92. The zero-order valence-corrected chi connectivity index (χ0v) is 15.0. The number of para-hydroxylation sites is 1. The average Bonchev–Trinajstić information content (AvgIpc) is 2.60. The van der Waals surface area contributed by atoms with Gasteiger partial charge < -0.3 is 15.2 Å². The lowest BCUT2D eigenvalue weighted by Gasteiger charge is -2.14. The molecule has 0 fully saturated rings. The van der Waals surface area contributed by atoms with Gasteiger partial charge in [-0.15, -0.1) is 0 Å². The number of carbonyl (C=O) groups is 1. The molecular weight excluding hydrogens is 314 g/mol. The molecule has 0 heterocycles. The maximum absolute atomic E-state index is 12.1. The summed E-state index contributed by atoms with van der Waals surface area (Å²) in [5.74, 6) is 0.602. The van der Waals surface area contributed by atoms with Crippen molar-refractivity contribution >= 4 is 5.91 Å². The van der Waals surface area contributed by atoms with Gasteiger partial charge in [0.2, 0.25) is 5.91 Å². The van der Waals surface area contributed by atoms with Crippen LogP contribution in [0.5, 0.6) is 5.75 Å². The fourth-order valence-corrected chi connectivity index (χ4v) is 2.74. The summed E-state index contributed by atoms with van der Waals surface area (Å²) in [4.78, 5) is 12.1. The standard InChI is InChI=1S/C21H25NO3/c1-15(12-17-9-5-7-11-20(17)25-3)13-21(24)22-14-19(23)18-10-6-4-8-16(18)2/h4-11,13,19,23H,12,14H2,1-3H3,(H,22,24)/b15-13+. The van der Waals surface area contributed by atoms with E-state index in [1.54, 1.807) is 13.2 Å². The number of rotatable bonds is 7. The van der Waals surface area contributed by atoms with Crippen molar-refractivity contribution in [3.05, 3.63) is 76.9 Å². The topological polar surface area (TPSA) is 58.6 Å². The third-order valence-electron chi connectivity index (χ3n) is 4.06. The molecular formula is C21H25NO3. The van der Waals surface area contributed by atoms with Crippen molar-refractivity contribution in [3.8, 4) is 5.75 Å². The van der Waals surface area contributed by atoms with E-state index in [4.69, 9.17) is 4.74 Å². The predicted molar refractivity (Wildman–Crippen MR) is 99.6 cm³/mol. The molecule has 2 N–H and O–H groups in total. The molecule has 4 nitrogen and oxygen atoms in total. The Kier molecular flexibility index (Phi) is 6.78. The van der Waals surface area contributed by atoms with Crippen LogP contribution in [0.25, 0.3) is 0 Å². The smallest absolute Gasteiger partial charge is 0.244 e. The molecule has 132 valence electrons. The van der Waals surface area contributed by atoms with Crippen LogP contribution in [0.2, 0.25) is 0 Å². The Morgan fingerprint density at radius 2 is 1.88 bits per heavy atom. The van der Waals surface area contributed by atoms with Gasteiger partial charge in [0.15, 0.2) is 0 Å². The summed E-state index contributed by atoms with van der Waals surface area (Å²) in [7, 11) is 1.64. The highest BCUT2D eigenvalue weighted by Crippen LogP contribution is 2.20. The van der Waals surface area contributed by atoms with Crippen LogP contribution in [-0.2, 0) is 11.2 Å². The second kappa shape index (κ2) is 9.04. The lowest BCUT2D eigenvalue weighted by Crippen LogP contribution is -2.27. The molecule has 1 unspecified atom stereocenters. The van der Waals surface area contributed by atoms with E-state index in [0.717, 1.165) is 28.0 Å². The summed E-state index contributed by atoms with van der Waals surface area (Å²) in [6.45, 7) is 4.03. The Morgan fingerprint density at radius 3 is 2.60 bits per heavy atom. The van der Waals surface area contributed by atoms with Crippen LogP contribution in [0.1, 0.15) is 29.7 Å². The van der Waals surface area contributed by atoms with Crippen LogP contribution in [-0.4, -0.2) is 24.7 Å². The molecule has 2 aromatic carbocycles. The number of aliphatic hydroxyl groups is 1. The monoisotopic (exact) mass is 339 g/mol. The van der Waals surface area contributed by atoms with Gasteiger partial charge in [-0.05, 0) is 43.0 Å². The molecule has 0 saturated heterocycles. The van der Waals surface area contributed by atoms with Gasteiger partial charge in [0.25, 0.3) is 0 Å². The lowest BCUT2D eigenvalue weighted by molar-refractivity contribution is -0.117. The van der Waals surface area contributed by atoms with Crippen LogP contribution in [0.4, 0.5) is 0 Å². The minimum Gasteiger partial charge on any atom is -0.496 e. The van der Waals surface area contributed by atoms with Gasteiger partial charge in [0.1, 0.15) is 5.75 Å². The number of nitrogens with one attached hydrogen (secondary N) is 1. The van der Waals surface area contributed by atoms with Crippen molar-refractivity contribution in [1.82, 2.24) is 5.32 Å². The number of hydrogen-bond acceptors (Lipinski definition) is 3. The van der Waals surface area contributed by atoms with E-state index < -0.39 is 6.10 Å². The first-order valence-corrected chi connectivity index (χ1v) is 8.31. The molecule has 0 bridgehead atoms. The zero-order chi connectivity index (χ0) is 18.2. The van der Waals surface area contributed by atoms with E-state index in [-0.39, 0.29) is 12.5 Å². The number of methoxy groups -OCH3 is 1. The molecule has 1 amide bonds. The van der Waals surface area contributed by atoms with Crippen molar-refractivity contribution in [3.63, 3.8) is 0 Å². The molecule has 0 spiro atoms. The van der Waals surface area contributed by atoms with Gasteiger partial charge >= 0.3 is 0 Å². The molecule has 0 aliphatic rings. The number of aliphatic hydroxyl groups excluding tert-OH is 1. The van der Waals surface area contributed by atoms with Crippen LogP contribution in [0, 0.1) is 6.92 Å². The SMILES string of the molecule is COc1ccccc1C/C(C)=C/C(=O)NCC(O)c1ccccc1C. The quantitative estimate of drug-likeness (QED) is 0.761. The van der Waals surface area contributed by atoms with Crippen molar-refractivity contribution < 1.29 is 14.6 Å². The van der Waals surface area contributed by atoms with Crippen LogP contribution in [0.3, 0.4) is 0 Å². The second-order valence-electron chi connectivity index (χ2n) is 6.10. The number of benzene rings is 2. The van der Waals surface area contributed by atoms with Gasteiger partial charge in [0, 0.05) is 12.6 Å². The van der Waals surface area contributed by atoms with E-state index in [1.165, 1.54) is 0 Å². The minimum atomic E-state index is -0.715. The number of aryl methyl sites for hydroxylation is 1. The molecule has 0 radical (unpaired) electrons. The predicted octanol–water partition coefficient (Wildman–Crippen LogP) is 3.34. The fourth-order valence-electron chi connectivity index (χ4n) is 2.74. The average molecular weight is 339 g/mol. The van der Waals surface area contributed by atoms with Crippen LogP contribution < -0.4 is 10.1 Å². The van der Waals surface area contributed by atoms with Crippen molar-refractivity contribution in [2.24, 2.45) is 0 Å². The molecule has 2 aromatic rings. The van der Waals surface area contributed by atoms with Crippen LogP contribution in [0.15, 0.2) is 60.2 Å². The van der Waals surface area contributed by atoms with Gasteiger partial charge in [-0.3, -0.25) is 4.79 Å². The van der Waals surface area contributed by atoms with E-state index in [2.05, 4.69) is 5.32 Å². The van der Waals surface area contributed by atoms with Crippen molar-refractivity contribution in [2.45, 2.75) is 26.4 Å². The van der Waals surface area contributed by atoms with E-state index in [0.29, 0.717) is 6.42 Å². The highest BCUT2D eigenvalue weighted by atomic mass is 16.5. The molecule has 0 saturated carbocycles. The first-order chi connectivity index (χ1) is 12.0. The van der Waals surface area contributed by atoms with Crippen molar-refractivity contribution in [2.75, 3.05) is 13.7 Å². The Hall–Kier alpha value is -2.59. The maximum Gasteiger partial charge on any atom is 0.244 e. The third kappa shape index (κ3) is 5.47. The summed E-state index contributed by atoms with van der Waals surface area (Å²) < 4.78 is 5.33. The second-order valence-corrected chi connectivity index (χ2v) is 6.10. The lowest BCUT2D eigenvalue weighted by atomic mass is 10.0. The highest BCUT2D eigenvalue weighted by Gasteiger charge is 2.11. The molecule has 4 heteroatoms.